The van der Waals surface area contributed by atoms with E-state index < -0.39 is 0 Å². The van der Waals surface area contributed by atoms with Crippen molar-refractivity contribution in [1.29, 1.82) is 0 Å². The molecule has 47 valence electrons. The van der Waals surface area contributed by atoms with Crippen LogP contribution in [0.15, 0.2) is 12.3 Å². The molecule has 1 heteroatoms. The molecular weight excluding hydrogens is 100 g/mol. The summed E-state index contributed by atoms with van der Waals surface area (Å²) in [5.74, 6) is 0. The fourth-order valence-electron chi connectivity index (χ4n) is 0.580. The van der Waals surface area contributed by atoms with Crippen LogP contribution >= 0.6 is 0 Å². The highest BCUT2D eigenvalue weighted by molar-refractivity contribution is 4.70. The number of rotatable bonds is 4. The molecule has 0 saturated heterocycles. The third-order valence-electron chi connectivity index (χ3n) is 1.07. The zero-order valence-corrected chi connectivity index (χ0v) is 5.39. The summed E-state index contributed by atoms with van der Waals surface area (Å²) < 4.78 is 0. The Labute approximate surface area is 51.0 Å². The van der Waals surface area contributed by atoms with Gasteiger partial charge in [0.05, 0.1) is 0 Å². The van der Waals surface area contributed by atoms with Crippen LogP contribution in [-0.4, -0.2) is 0 Å². The van der Waals surface area contributed by atoms with Crippen LogP contribution in [0.25, 0.3) is 0 Å². The molecule has 1 nitrogen and oxygen atoms in total. The maximum absolute atomic E-state index is 9.71. The molecule has 0 aromatic heterocycles. The molecule has 0 bridgehead atoms. The summed E-state index contributed by atoms with van der Waals surface area (Å²) >= 11 is 0. The first-order valence-electron chi connectivity index (χ1n) is 3.18. The Bertz CT molecular complexity index is 57.4. The Morgan fingerprint density at radius 2 is 2.12 bits per heavy atom. The zero-order valence-electron chi connectivity index (χ0n) is 5.39. The topological polar surface area (TPSA) is 19.9 Å². The van der Waals surface area contributed by atoms with Crippen LogP contribution in [-0.2, 0) is 5.11 Å². The van der Waals surface area contributed by atoms with Gasteiger partial charge in [-0.2, -0.15) is 0 Å². The third-order valence-corrected chi connectivity index (χ3v) is 1.07. The van der Waals surface area contributed by atoms with Crippen molar-refractivity contribution in [2.45, 2.75) is 32.6 Å². The highest BCUT2D eigenvalue weighted by atomic mass is 16.2. The molecule has 0 aliphatic carbocycles. The van der Waals surface area contributed by atoms with E-state index in [2.05, 4.69) is 6.92 Å². The lowest BCUT2D eigenvalue weighted by Crippen LogP contribution is -1.69. The van der Waals surface area contributed by atoms with Crippen LogP contribution in [0, 0.1) is 0 Å². The molecule has 0 saturated carbocycles. The molecule has 0 fully saturated rings. The normalized spacial score (nSPS) is 10.6. The lowest BCUT2D eigenvalue weighted by Gasteiger charge is -1.88. The maximum Gasteiger partial charge on any atom is 0.138 e. The van der Waals surface area contributed by atoms with E-state index in [1.54, 1.807) is 6.08 Å². The molecule has 0 heterocycles. The Balaban J connectivity index is 2.72. The van der Waals surface area contributed by atoms with E-state index in [-0.39, 0.29) is 0 Å². The second kappa shape index (κ2) is 6.54. The molecule has 0 aromatic carbocycles. The Kier molecular flexibility index (Phi) is 6.16. The molecule has 0 spiro atoms. The predicted molar refractivity (Wildman–Crippen MR) is 34.0 cm³/mol. The zero-order chi connectivity index (χ0) is 6.24. The van der Waals surface area contributed by atoms with Gasteiger partial charge in [0, 0.05) is 0 Å². The van der Waals surface area contributed by atoms with Crippen molar-refractivity contribution in [1.82, 2.24) is 0 Å². The smallest absolute Gasteiger partial charge is 0.138 e. The van der Waals surface area contributed by atoms with Crippen molar-refractivity contribution in [3.05, 3.63) is 12.3 Å². The minimum absolute atomic E-state index is 0.871. The summed E-state index contributed by atoms with van der Waals surface area (Å²) in [5.41, 5.74) is 0. The van der Waals surface area contributed by atoms with Gasteiger partial charge >= 0.3 is 0 Å². The van der Waals surface area contributed by atoms with Gasteiger partial charge in [0.2, 0.25) is 0 Å². The summed E-state index contributed by atoms with van der Waals surface area (Å²) in [7, 11) is 0. The standard InChI is InChI=1S/C7H13O/c1-2-3-4-5-6-7-8/h6-7H,2-5H2,1H3/b7-6+. The fourth-order valence-corrected chi connectivity index (χ4v) is 0.580. The Morgan fingerprint density at radius 3 is 2.62 bits per heavy atom. The molecule has 0 unspecified atom stereocenters. The van der Waals surface area contributed by atoms with Gasteiger partial charge in [-0.1, -0.05) is 19.8 Å². The van der Waals surface area contributed by atoms with Crippen LogP contribution < -0.4 is 0 Å². The summed E-state index contributed by atoms with van der Waals surface area (Å²) in [5, 5.41) is 9.71. The number of hydrogen-bond acceptors (Lipinski definition) is 0. The molecule has 8 heavy (non-hydrogen) atoms. The van der Waals surface area contributed by atoms with E-state index in [1.165, 1.54) is 12.8 Å². The molecular formula is C7H13O. The quantitative estimate of drug-likeness (QED) is 0.394. The van der Waals surface area contributed by atoms with Gasteiger partial charge in [0.15, 0.2) is 0 Å². The van der Waals surface area contributed by atoms with Crippen LogP contribution in [0.5, 0.6) is 0 Å². The van der Waals surface area contributed by atoms with Crippen molar-refractivity contribution in [2.24, 2.45) is 0 Å². The molecule has 0 aliphatic heterocycles. The summed E-state index contributed by atoms with van der Waals surface area (Å²) in [4.78, 5) is 0. The van der Waals surface area contributed by atoms with Crippen molar-refractivity contribution in [3.8, 4) is 0 Å². The van der Waals surface area contributed by atoms with Gasteiger partial charge in [0.25, 0.3) is 0 Å². The van der Waals surface area contributed by atoms with Crippen LogP contribution in [0.4, 0.5) is 0 Å². The van der Waals surface area contributed by atoms with E-state index in [9.17, 15) is 5.11 Å². The van der Waals surface area contributed by atoms with Crippen LogP contribution in [0.3, 0.4) is 0 Å². The van der Waals surface area contributed by atoms with Crippen molar-refractivity contribution >= 4 is 0 Å². The molecule has 0 aliphatic rings. The SMILES string of the molecule is CCCCC/C=C/[O]. The average molecular weight is 113 g/mol. The highest BCUT2D eigenvalue weighted by Gasteiger charge is 1.79. The van der Waals surface area contributed by atoms with Crippen LogP contribution in [0.1, 0.15) is 32.6 Å². The maximum atomic E-state index is 9.71. The second-order valence-electron chi connectivity index (χ2n) is 1.87. The van der Waals surface area contributed by atoms with Crippen molar-refractivity contribution < 1.29 is 5.11 Å². The van der Waals surface area contributed by atoms with E-state index in [1.807, 2.05) is 0 Å². The number of allylic oxidation sites excluding steroid dienone is 1. The fraction of sp³-hybridized carbons (Fsp3) is 0.714. The molecule has 1 radical (unpaired) electrons. The third kappa shape index (κ3) is 5.54. The van der Waals surface area contributed by atoms with E-state index in [4.69, 9.17) is 0 Å². The molecule has 0 N–H and O–H groups in total. The monoisotopic (exact) mass is 113 g/mol. The Morgan fingerprint density at radius 1 is 1.38 bits per heavy atom. The first-order valence-corrected chi connectivity index (χ1v) is 3.18. The van der Waals surface area contributed by atoms with Gasteiger partial charge < -0.3 is 0 Å². The molecule has 0 atom stereocenters. The Hall–Kier alpha value is -0.460. The average Bonchev–Trinajstić information content (AvgIpc) is 1.81. The minimum atomic E-state index is 0.871. The molecule has 0 amide bonds. The lowest BCUT2D eigenvalue weighted by atomic mass is 10.2. The van der Waals surface area contributed by atoms with Crippen molar-refractivity contribution in [2.75, 3.05) is 0 Å². The largest absolute Gasteiger partial charge is 0.299 e. The predicted octanol–water partition coefficient (Wildman–Crippen LogP) is 2.51. The summed E-state index contributed by atoms with van der Waals surface area (Å²) in [6.45, 7) is 2.15. The van der Waals surface area contributed by atoms with Gasteiger partial charge in [-0.3, -0.25) is 5.11 Å². The number of hydrogen-bond donors (Lipinski definition) is 0. The van der Waals surface area contributed by atoms with Gasteiger partial charge in [-0.25, -0.2) is 0 Å². The van der Waals surface area contributed by atoms with Gasteiger partial charge in [0.1, 0.15) is 6.26 Å². The minimum Gasteiger partial charge on any atom is -0.299 e. The summed E-state index contributed by atoms with van der Waals surface area (Å²) in [6, 6.07) is 0. The highest BCUT2D eigenvalue weighted by Crippen LogP contribution is 1.98. The van der Waals surface area contributed by atoms with Crippen LogP contribution in [0.2, 0.25) is 0 Å². The van der Waals surface area contributed by atoms with Gasteiger partial charge in [-0.15, -0.1) is 0 Å². The van der Waals surface area contributed by atoms with E-state index in [0.717, 1.165) is 19.1 Å². The van der Waals surface area contributed by atoms with E-state index in [0.29, 0.717) is 0 Å². The lowest BCUT2D eigenvalue weighted by molar-refractivity contribution is 0.349. The van der Waals surface area contributed by atoms with E-state index >= 15 is 0 Å². The first kappa shape index (κ1) is 7.54. The summed E-state index contributed by atoms with van der Waals surface area (Å²) in [6.07, 6.45) is 7.13. The second-order valence-corrected chi connectivity index (χ2v) is 1.87. The van der Waals surface area contributed by atoms with Gasteiger partial charge in [-0.05, 0) is 18.9 Å². The van der Waals surface area contributed by atoms with Crippen molar-refractivity contribution in [3.63, 3.8) is 0 Å². The first-order chi connectivity index (χ1) is 3.91. The molecule has 0 aromatic rings. The molecule has 0 rings (SSSR count). The number of unbranched alkanes of at least 4 members (excludes halogenated alkanes) is 3.